The molecular formula is C22H19F3N4O3. The number of ether oxygens (including phenoxy) is 1. The van der Waals surface area contributed by atoms with Gasteiger partial charge in [-0.05, 0) is 17.7 Å². The van der Waals surface area contributed by atoms with Crippen LogP contribution in [0.4, 0.5) is 24.7 Å². The predicted molar refractivity (Wildman–Crippen MR) is 111 cm³/mol. The number of methoxy groups -OCH3 is 1. The van der Waals surface area contributed by atoms with Gasteiger partial charge in [0.15, 0.2) is 0 Å². The smallest absolute Gasteiger partial charge is 0.378 e. The van der Waals surface area contributed by atoms with Gasteiger partial charge in [0.2, 0.25) is 5.91 Å². The first-order chi connectivity index (χ1) is 15.3. The molecule has 0 radical (unpaired) electrons. The molecule has 7 nitrogen and oxygen atoms in total. The minimum Gasteiger partial charge on any atom is -0.378 e. The number of carbonyl (C=O) groups is 2. The van der Waals surface area contributed by atoms with Crippen molar-refractivity contribution < 1.29 is 27.5 Å². The lowest BCUT2D eigenvalue weighted by molar-refractivity contribution is -0.137. The summed E-state index contributed by atoms with van der Waals surface area (Å²) < 4.78 is 46.2. The largest absolute Gasteiger partial charge is 0.418 e. The Bertz CT molecular complexity index is 1160. The molecule has 2 amide bonds. The summed E-state index contributed by atoms with van der Waals surface area (Å²) in [5.74, 6) is -0.783. The molecule has 2 N–H and O–H groups in total. The highest BCUT2D eigenvalue weighted by Crippen LogP contribution is 2.39. The molecule has 1 aromatic heterocycles. The molecule has 1 atom stereocenters. The SMILES string of the molecule is COCc1nn2c(c1-c1ccccc1)NC(=O)[C@H]2CC(=O)Nc1ccccc1C(F)(F)F. The number of anilines is 2. The zero-order valence-electron chi connectivity index (χ0n) is 16.9. The summed E-state index contributed by atoms with van der Waals surface area (Å²) in [7, 11) is 1.51. The number of hydrogen-bond donors (Lipinski definition) is 2. The molecule has 0 saturated carbocycles. The van der Waals surface area contributed by atoms with Crippen LogP contribution in [0.15, 0.2) is 54.6 Å². The van der Waals surface area contributed by atoms with Gasteiger partial charge in [-0.2, -0.15) is 18.3 Å². The fourth-order valence-electron chi connectivity index (χ4n) is 3.68. The van der Waals surface area contributed by atoms with Crippen molar-refractivity contribution in [3.63, 3.8) is 0 Å². The van der Waals surface area contributed by atoms with Crippen LogP contribution in [0.2, 0.25) is 0 Å². The Hall–Kier alpha value is -3.66. The zero-order chi connectivity index (χ0) is 22.9. The summed E-state index contributed by atoms with van der Waals surface area (Å²) in [5, 5.41) is 9.47. The molecule has 3 aromatic rings. The van der Waals surface area contributed by atoms with E-state index in [0.29, 0.717) is 17.1 Å². The number of fused-ring (bicyclic) bond motifs is 1. The molecule has 4 rings (SSSR count). The van der Waals surface area contributed by atoms with Gasteiger partial charge in [0.1, 0.15) is 11.9 Å². The van der Waals surface area contributed by atoms with E-state index in [2.05, 4.69) is 15.7 Å². The van der Waals surface area contributed by atoms with Gasteiger partial charge in [-0.25, -0.2) is 4.68 Å². The van der Waals surface area contributed by atoms with Crippen molar-refractivity contribution in [2.75, 3.05) is 17.7 Å². The maximum atomic E-state index is 13.2. The van der Waals surface area contributed by atoms with E-state index in [1.807, 2.05) is 30.3 Å². The Labute approximate surface area is 181 Å². The highest BCUT2D eigenvalue weighted by atomic mass is 19.4. The number of para-hydroxylation sites is 1. The second-order valence-electron chi connectivity index (χ2n) is 7.21. The molecular weight excluding hydrogens is 425 g/mol. The van der Waals surface area contributed by atoms with Crippen LogP contribution in [0.1, 0.15) is 23.7 Å². The predicted octanol–water partition coefficient (Wildman–Crippen LogP) is 4.24. The van der Waals surface area contributed by atoms with Crippen LogP contribution < -0.4 is 10.6 Å². The van der Waals surface area contributed by atoms with Crippen LogP contribution in [0, 0.1) is 0 Å². The lowest BCUT2D eigenvalue weighted by atomic mass is 10.1. The van der Waals surface area contributed by atoms with Gasteiger partial charge in [0, 0.05) is 12.7 Å². The molecule has 1 aliphatic heterocycles. The molecule has 10 heteroatoms. The molecule has 0 unspecified atom stereocenters. The lowest BCUT2D eigenvalue weighted by Gasteiger charge is -2.14. The maximum Gasteiger partial charge on any atom is 0.418 e. The van der Waals surface area contributed by atoms with Gasteiger partial charge < -0.3 is 15.4 Å². The number of hydrogen-bond acceptors (Lipinski definition) is 4. The van der Waals surface area contributed by atoms with E-state index in [1.165, 1.54) is 30.0 Å². The van der Waals surface area contributed by atoms with Crippen LogP contribution in [0.5, 0.6) is 0 Å². The fraction of sp³-hybridized carbons (Fsp3) is 0.227. The average Bonchev–Trinajstić information content (AvgIpc) is 3.23. The summed E-state index contributed by atoms with van der Waals surface area (Å²) in [6.07, 6.45) is -5.00. The number of carbonyl (C=O) groups excluding carboxylic acids is 2. The van der Waals surface area contributed by atoms with Crippen molar-refractivity contribution in [1.82, 2.24) is 9.78 Å². The number of nitrogens with zero attached hydrogens (tertiary/aromatic N) is 2. The lowest BCUT2D eigenvalue weighted by Crippen LogP contribution is -2.24. The third-order valence-corrected chi connectivity index (χ3v) is 5.05. The van der Waals surface area contributed by atoms with E-state index in [4.69, 9.17) is 4.74 Å². The number of nitrogens with one attached hydrogen (secondary N) is 2. The van der Waals surface area contributed by atoms with E-state index >= 15 is 0 Å². The first kappa shape index (κ1) is 21.6. The Morgan fingerprint density at radius 1 is 1.16 bits per heavy atom. The van der Waals surface area contributed by atoms with Gasteiger partial charge in [-0.15, -0.1) is 0 Å². The van der Waals surface area contributed by atoms with Crippen LogP contribution >= 0.6 is 0 Å². The summed E-state index contributed by atoms with van der Waals surface area (Å²) in [4.78, 5) is 25.2. The number of alkyl halides is 3. The quantitative estimate of drug-likeness (QED) is 0.596. The molecule has 2 aromatic carbocycles. The first-order valence-electron chi connectivity index (χ1n) is 9.72. The van der Waals surface area contributed by atoms with Crippen molar-refractivity contribution in [2.24, 2.45) is 0 Å². The average molecular weight is 444 g/mol. The number of benzene rings is 2. The Morgan fingerprint density at radius 2 is 1.84 bits per heavy atom. The topological polar surface area (TPSA) is 85.2 Å². The molecule has 166 valence electrons. The number of amides is 2. The Kier molecular flexibility index (Phi) is 5.70. The van der Waals surface area contributed by atoms with Crippen molar-refractivity contribution in [2.45, 2.75) is 25.2 Å². The van der Waals surface area contributed by atoms with Crippen molar-refractivity contribution in [3.05, 3.63) is 65.9 Å². The highest BCUT2D eigenvalue weighted by molar-refractivity contribution is 6.04. The summed E-state index contributed by atoms with van der Waals surface area (Å²) >= 11 is 0. The monoisotopic (exact) mass is 444 g/mol. The van der Waals surface area contributed by atoms with Gasteiger partial charge in [-0.3, -0.25) is 9.59 Å². The van der Waals surface area contributed by atoms with E-state index in [9.17, 15) is 22.8 Å². The first-order valence-corrected chi connectivity index (χ1v) is 9.72. The van der Waals surface area contributed by atoms with Crippen LogP contribution in [0.25, 0.3) is 11.1 Å². The third-order valence-electron chi connectivity index (χ3n) is 5.05. The van der Waals surface area contributed by atoms with E-state index in [1.54, 1.807) is 0 Å². The second kappa shape index (κ2) is 8.46. The van der Waals surface area contributed by atoms with E-state index in [0.717, 1.165) is 11.6 Å². The van der Waals surface area contributed by atoms with Gasteiger partial charge in [0.05, 0.1) is 30.0 Å². The van der Waals surface area contributed by atoms with Crippen molar-refractivity contribution in [1.29, 1.82) is 0 Å². The molecule has 0 spiro atoms. The van der Waals surface area contributed by atoms with Gasteiger partial charge in [0.25, 0.3) is 5.91 Å². The van der Waals surface area contributed by atoms with Crippen molar-refractivity contribution in [3.8, 4) is 11.1 Å². The standard InChI is InChI=1S/C22H19F3N4O3/c1-32-12-16-19(13-7-3-2-4-8-13)20-27-21(31)17(29(20)28-16)11-18(30)26-15-10-6-5-9-14(15)22(23,24)25/h2-10,17H,11-12H2,1H3,(H,26,30)(H,27,31)/t17-/m1/s1. The normalized spacial score (nSPS) is 15.4. The van der Waals surface area contributed by atoms with Crippen LogP contribution in [-0.4, -0.2) is 28.7 Å². The summed E-state index contributed by atoms with van der Waals surface area (Å²) in [5.41, 5.74) is 0.727. The highest BCUT2D eigenvalue weighted by Gasteiger charge is 2.38. The number of rotatable bonds is 6. The number of aromatic nitrogens is 2. The van der Waals surface area contributed by atoms with E-state index in [-0.39, 0.29) is 18.7 Å². The van der Waals surface area contributed by atoms with Crippen molar-refractivity contribution >= 4 is 23.3 Å². The van der Waals surface area contributed by atoms with Crippen LogP contribution in [-0.2, 0) is 27.1 Å². The summed E-state index contributed by atoms with van der Waals surface area (Å²) in [6.45, 7) is 0.179. The van der Waals surface area contributed by atoms with Gasteiger partial charge >= 0.3 is 6.18 Å². The minimum atomic E-state index is -4.62. The minimum absolute atomic E-state index is 0.179. The third kappa shape index (κ3) is 4.09. The van der Waals surface area contributed by atoms with Crippen LogP contribution in [0.3, 0.4) is 0 Å². The molecule has 1 aliphatic rings. The zero-order valence-corrected chi connectivity index (χ0v) is 16.9. The molecule has 0 fully saturated rings. The van der Waals surface area contributed by atoms with Gasteiger partial charge in [-0.1, -0.05) is 42.5 Å². The maximum absolute atomic E-state index is 13.2. The molecule has 0 aliphatic carbocycles. The fourth-order valence-corrected chi connectivity index (χ4v) is 3.68. The second-order valence-corrected chi connectivity index (χ2v) is 7.21. The number of halogens is 3. The summed E-state index contributed by atoms with van der Waals surface area (Å²) in [6, 6.07) is 12.9. The Balaban J connectivity index is 1.61. The molecule has 0 saturated heterocycles. The molecule has 2 heterocycles. The Morgan fingerprint density at radius 3 is 2.53 bits per heavy atom. The molecule has 32 heavy (non-hydrogen) atoms. The van der Waals surface area contributed by atoms with E-state index < -0.39 is 29.6 Å². The molecule has 0 bridgehead atoms.